The topological polar surface area (TPSA) is 39.6 Å². The molecule has 1 heterocycles. The third-order valence-corrected chi connectivity index (χ3v) is 8.59. The summed E-state index contributed by atoms with van der Waals surface area (Å²) in [6.07, 6.45) is 8.28. The Bertz CT molecular complexity index is 1580. The first kappa shape index (κ1) is 27.3. The smallest absolute Gasteiger partial charge is 0.137 e. The highest BCUT2D eigenvalue weighted by atomic mass is 19.1. The molecule has 2 nitrogen and oxygen atoms in total. The number of nitrogens with one attached hydrogen (secondary N) is 1. The van der Waals surface area contributed by atoms with Crippen LogP contribution in [0.1, 0.15) is 81.7 Å². The Hall–Kier alpha value is -3.71. The highest BCUT2D eigenvalue weighted by Gasteiger charge is 2.44. The van der Waals surface area contributed by atoms with Crippen LogP contribution in [0.2, 0.25) is 0 Å². The molecule has 1 N–H and O–H groups in total. The van der Waals surface area contributed by atoms with Crippen LogP contribution in [0.25, 0.3) is 23.8 Å². The molecule has 1 aliphatic carbocycles. The van der Waals surface area contributed by atoms with Crippen molar-refractivity contribution < 1.29 is 8.78 Å². The minimum Gasteiger partial charge on any atom is -0.361 e. The maximum Gasteiger partial charge on any atom is 0.137 e. The van der Waals surface area contributed by atoms with E-state index >= 15 is 8.78 Å². The molecule has 0 bridgehead atoms. The Labute approximate surface area is 224 Å². The molecule has 1 atom stereocenters. The van der Waals surface area contributed by atoms with Crippen LogP contribution >= 0.6 is 0 Å². The average molecular weight is 511 g/mol. The van der Waals surface area contributed by atoms with Gasteiger partial charge in [0, 0.05) is 22.3 Å². The lowest BCUT2D eigenvalue weighted by molar-refractivity contribution is 0.322. The minimum atomic E-state index is -0.640. The Morgan fingerprint density at radius 2 is 1.95 bits per heavy atom. The standard InChI is InChI=1S/C34H36F2N2/c1-8-21(3)33(6,7)29-13-14-30(35)31(32(29)36)22(4)28-19-38-23(5)27(28)18-24(9-2)25-11-10-12-26(17-25)34(20-37)15-16-34/h9-14,17-19,21,38H,4-5,8,15-16H2,1-3,6-7H3/b24-9+,27-18+. The molecule has 0 amide bonds. The van der Waals surface area contributed by atoms with Crippen molar-refractivity contribution in [2.45, 2.75) is 64.7 Å². The number of nitrogens with zero attached hydrogens (tertiary/aromatic N) is 1. The molecule has 196 valence electrons. The van der Waals surface area contributed by atoms with Crippen LogP contribution in [0.4, 0.5) is 8.78 Å². The number of aromatic amines is 1. The number of H-pyrrole nitrogens is 1. The Kier molecular flexibility index (Phi) is 7.35. The van der Waals surface area contributed by atoms with Crippen LogP contribution in [0, 0.1) is 28.9 Å². The SMILES string of the molecule is C=C(c1c(F)ccc(C(C)(C)C(C)CC)c1F)c1c[nH]c(=C)/c1=C\C(=C/C)c1cccc(C2(C#N)CC2)c1. The number of allylic oxidation sites excluding steroid dienone is 2. The Morgan fingerprint density at radius 1 is 1.24 bits per heavy atom. The van der Waals surface area contributed by atoms with Gasteiger partial charge in [0.25, 0.3) is 0 Å². The molecule has 4 heteroatoms. The molecule has 1 unspecified atom stereocenters. The highest BCUT2D eigenvalue weighted by Crippen LogP contribution is 2.48. The van der Waals surface area contributed by atoms with Gasteiger partial charge in [-0.15, -0.1) is 0 Å². The minimum absolute atomic E-state index is 0.110. The summed E-state index contributed by atoms with van der Waals surface area (Å²) in [5, 5.41) is 11.0. The monoisotopic (exact) mass is 510 g/mol. The summed E-state index contributed by atoms with van der Waals surface area (Å²) in [4.78, 5) is 3.12. The van der Waals surface area contributed by atoms with Crippen molar-refractivity contribution in [1.29, 1.82) is 5.26 Å². The zero-order valence-corrected chi connectivity index (χ0v) is 23.0. The van der Waals surface area contributed by atoms with Gasteiger partial charge in [-0.25, -0.2) is 8.78 Å². The second kappa shape index (κ2) is 10.2. The van der Waals surface area contributed by atoms with Gasteiger partial charge in [-0.2, -0.15) is 5.26 Å². The van der Waals surface area contributed by atoms with E-state index in [0.717, 1.165) is 41.2 Å². The first-order valence-electron chi connectivity index (χ1n) is 13.2. The van der Waals surface area contributed by atoms with Crippen LogP contribution < -0.4 is 10.6 Å². The van der Waals surface area contributed by atoms with Gasteiger partial charge in [0.15, 0.2) is 0 Å². The summed E-state index contributed by atoms with van der Waals surface area (Å²) in [6, 6.07) is 13.4. The molecule has 1 fully saturated rings. The van der Waals surface area contributed by atoms with E-state index in [1.165, 1.54) is 6.07 Å². The van der Waals surface area contributed by atoms with Crippen LogP contribution in [0.15, 0.2) is 55.3 Å². The fraction of sp³-hybridized carbons (Fsp3) is 0.324. The quantitative estimate of drug-likeness (QED) is 0.334. The van der Waals surface area contributed by atoms with Gasteiger partial charge in [-0.3, -0.25) is 0 Å². The van der Waals surface area contributed by atoms with Crippen LogP contribution in [-0.4, -0.2) is 4.98 Å². The summed E-state index contributed by atoms with van der Waals surface area (Å²) in [5.41, 5.74) is 3.29. The normalized spacial score (nSPS) is 16.3. The first-order chi connectivity index (χ1) is 18.0. The maximum atomic E-state index is 16.0. The van der Waals surface area contributed by atoms with Gasteiger partial charge in [-0.1, -0.05) is 77.6 Å². The molecular weight excluding hydrogens is 474 g/mol. The van der Waals surface area contributed by atoms with Crippen molar-refractivity contribution in [3.05, 3.63) is 105 Å². The number of halogens is 2. The zero-order chi connectivity index (χ0) is 27.8. The second-order valence-electron chi connectivity index (χ2n) is 11.1. The lowest BCUT2D eigenvalue weighted by atomic mass is 9.72. The van der Waals surface area contributed by atoms with Crippen molar-refractivity contribution >= 4 is 23.8 Å². The lowest BCUT2D eigenvalue weighted by Gasteiger charge is -2.33. The summed E-state index contributed by atoms with van der Waals surface area (Å²) in [7, 11) is 0. The molecular formula is C34H36F2N2. The number of nitriles is 1. The molecule has 0 spiro atoms. The molecule has 0 aliphatic heterocycles. The third kappa shape index (κ3) is 4.67. The van der Waals surface area contributed by atoms with Gasteiger partial charge < -0.3 is 4.98 Å². The molecule has 2 aromatic carbocycles. The number of aromatic nitrogens is 1. The van der Waals surface area contributed by atoms with Gasteiger partial charge >= 0.3 is 0 Å². The van der Waals surface area contributed by atoms with E-state index in [1.807, 2.05) is 51.1 Å². The maximum absolute atomic E-state index is 16.0. The van der Waals surface area contributed by atoms with Gasteiger partial charge in [-0.05, 0) is 77.1 Å². The predicted molar refractivity (Wildman–Crippen MR) is 154 cm³/mol. The van der Waals surface area contributed by atoms with E-state index in [1.54, 1.807) is 12.3 Å². The van der Waals surface area contributed by atoms with Crippen LogP contribution in [0.5, 0.6) is 0 Å². The zero-order valence-electron chi connectivity index (χ0n) is 23.0. The summed E-state index contributed by atoms with van der Waals surface area (Å²) < 4.78 is 31.2. The van der Waals surface area contributed by atoms with Crippen molar-refractivity contribution in [1.82, 2.24) is 4.98 Å². The van der Waals surface area contributed by atoms with Crippen LogP contribution in [0.3, 0.4) is 0 Å². The van der Waals surface area contributed by atoms with E-state index in [-0.39, 0.29) is 22.5 Å². The fourth-order valence-corrected chi connectivity index (χ4v) is 5.20. The number of hydrogen-bond acceptors (Lipinski definition) is 1. The van der Waals surface area contributed by atoms with E-state index in [4.69, 9.17) is 0 Å². The predicted octanol–water partition coefficient (Wildman–Crippen LogP) is 7.53. The number of rotatable bonds is 8. The first-order valence-corrected chi connectivity index (χ1v) is 13.2. The number of benzene rings is 2. The molecule has 4 rings (SSSR count). The fourth-order valence-electron chi connectivity index (χ4n) is 5.20. The summed E-state index contributed by atoms with van der Waals surface area (Å²) >= 11 is 0. The molecule has 1 aliphatic rings. The Morgan fingerprint density at radius 3 is 2.55 bits per heavy atom. The van der Waals surface area contributed by atoms with Crippen LogP contribution in [-0.2, 0) is 10.8 Å². The van der Waals surface area contributed by atoms with E-state index in [2.05, 4.69) is 44.1 Å². The van der Waals surface area contributed by atoms with E-state index < -0.39 is 17.0 Å². The molecule has 1 saturated carbocycles. The average Bonchev–Trinajstić information content (AvgIpc) is 3.63. The lowest BCUT2D eigenvalue weighted by Crippen LogP contribution is -2.28. The van der Waals surface area contributed by atoms with E-state index in [9.17, 15) is 5.26 Å². The third-order valence-electron chi connectivity index (χ3n) is 8.59. The van der Waals surface area contributed by atoms with Crippen molar-refractivity contribution in [2.75, 3.05) is 0 Å². The van der Waals surface area contributed by atoms with Crippen molar-refractivity contribution in [3.8, 4) is 6.07 Å². The number of hydrogen-bond donors (Lipinski definition) is 1. The van der Waals surface area contributed by atoms with E-state index in [0.29, 0.717) is 16.5 Å². The molecule has 38 heavy (non-hydrogen) atoms. The van der Waals surface area contributed by atoms with Gasteiger partial charge in [0.1, 0.15) is 11.6 Å². The summed E-state index contributed by atoms with van der Waals surface area (Å²) in [5.74, 6) is -1.00. The van der Waals surface area contributed by atoms with Crippen molar-refractivity contribution in [3.63, 3.8) is 0 Å². The van der Waals surface area contributed by atoms with Gasteiger partial charge in [0.05, 0.1) is 17.0 Å². The summed E-state index contributed by atoms with van der Waals surface area (Å²) in [6.45, 7) is 18.4. The molecule has 0 saturated heterocycles. The second-order valence-corrected chi connectivity index (χ2v) is 11.1. The molecule has 1 aromatic heterocycles. The molecule has 0 radical (unpaired) electrons. The molecule has 3 aromatic rings. The van der Waals surface area contributed by atoms with Gasteiger partial charge in [0.2, 0.25) is 0 Å². The largest absolute Gasteiger partial charge is 0.361 e. The highest BCUT2D eigenvalue weighted by molar-refractivity contribution is 5.90. The Balaban J connectivity index is 1.81. The van der Waals surface area contributed by atoms with Crippen molar-refractivity contribution in [2.24, 2.45) is 5.92 Å².